The normalized spacial score (nSPS) is 10.4. The van der Waals surface area contributed by atoms with Gasteiger partial charge in [0.05, 0.1) is 17.6 Å². The van der Waals surface area contributed by atoms with Crippen LogP contribution in [0.25, 0.3) is 5.69 Å². The van der Waals surface area contributed by atoms with E-state index < -0.39 is 0 Å². The molecule has 0 saturated heterocycles. The molecule has 0 bridgehead atoms. The number of hydrogen-bond donors (Lipinski definition) is 0. The summed E-state index contributed by atoms with van der Waals surface area (Å²) in [4.78, 5) is 0. The van der Waals surface area contributed by atoms with Gasteiger partial charge in [-0.25, -0.2) is 4.68 Å². The van der Waals surface area contributed by atoms with E-state index >= 15 is 0 Å². The second kappa shape index (κ2) is 4.24. The van der Waals surface area contributed by atoms with Crippen molar-refractivity contribution in [1.82, 2.24) is 15.0 Å². The van der Waals surface area contributed by atoms with Crippen LogP contribution in [0.15, 0.2) is 36.5 Å². The maximum Gasteiger partial charge on any atom is 0.0730 e. The highest BCUT2D eigenvalue weighted by Gasteiger charge is 2.03. The Morgan fingerprint density at radius 3 is 2.71 bits per heavy atom. The van der Waals surface area contributed by atoms with Crippen LogP contribution in [0.5, 0.6) is 0 Å². The van der Waals surface area contributed by atoms with Crippen LogP contribution in [0, 0.1) is 0 Å². The van der Waals surface area contributed by atoms with Crippen molar-refractivity contribution in [2.24, 2.45) is 0 Å². The molecule has 0 aliphatic rings. The van der Waals surface area contributed by atoms with Crippen LogP contribution < -0.4 is 0 Å². The number of halogens is 1. The van der Waals surface area contributed by atoms with Gasteiger partial charge in [0.1, 0.15) is 0 Å². The number of aromatic nitrogens is 3. The summed E-state index contributed by atoms with van der Waals surface area (Å²) in [5.74, 6) is 0.584. The standard InChI is InChI=1S/C10H10ClN3/c11-7-6-10-8-12-13-14(10)9-4-2-1-3-5-9/h1-5,8H,6-7H2. The molecule has 0 aliphatic carbocycles. The highest BCUT2D eigenvalue weighted by molar-refractivity contribution is 6.17. The van der Waals surface area contributed by atoms with Crippen LogP contribution in [0.4, 0.5) is 0 Å². The van der Waals surface area contributed by atoms with Crippen LogP contribution in [-0.2, 0) is 6.42 Å². The summed E-state index contributed by atoms with van der Waals surface area (Å²) in [6.45, 7) is 0. The van der Waals surface area contributed by atoms with Crippen molar-refractivity contribution in [3.05, 3.63) is 42.2 Å². The lowest BCUT2D eigenvalue weighted by Gasteiger charge is -2.03. The van der Waals surface area contributed by atoms with Gasteiger partial charge in [-0.3, -0.25) is 0 Å². The molecule has 4 heteroatoms. The van der Waals surface area contributed by atoms with Crippen molar-refractivity contribution in [3.8, 4) is 5.69 Å². The Hall–Kier alpha value is -1.35. The Balaban J connectivity index is 2.37. The number of rotatable bonds is 3. The number of hydrogen-bond acceptors (Lipinski definition) is 2. The van der Waals surface area contributed by atoms with Gasteiger partial charge in [-0.15, -0.1) is 16.7 Å². The van der Waals surface area contributed by atoms with Gasteiger partial charge in [-0.05, 0) is 12.1 Å². The third kappa shape index (κ3) is 1.77. The van der Waals surface area contributed by atoms with Crippen molar-refractivity contribution >= 4 is 11.6 Å². The van der Waals surface area contributed by atoms with Gasteiger partial charge in [0.25, 0.3) is 0 Å². The molecule has 0 aliphatic heterocycles. The first-order valence-electron chi connectivity index (χ1n) is 4.43. The first-order chi connectivity index (χ1) is 6.92. The maximum atomic E-state index is 5.68. The smallest absolute Gasteiger partial charge is 0.0730 e. The number of para-hydroxylation sites is 1. The molecular weight excluding hydrogens is 198 g/mol. The highest BCUT2D eigenvalue weighted by atomic mass is 35.5. The van der Waals surface area contributed by atoms with Gasteiger partial charge in [0.2, 0.25) is 0 Å². The summed E-state index contributed by atoms with van der Waals surface area (Å²) >= 11 is 5.68. The molecule has 1 aromatic heterocycles. The molecule has 0 atom stereocenters. The lowest BCUT2D eigenvalue weighted by molar-refractivity contribution is 0.768. The summed E-state index contributed by atoms with van der Waals surface area (Å²) in [7, 11) is 0. The zero-order chi connectivity index (χ0) is 9.80. The van der Waals surface area contributed by atoms with E-state index in [2.05, 4.69) is 10.3 Å². The van der Waals surface area contributed by atoms with E-state index in [1.54, 1.807) is 6.20 Å². The van der Waals surface area contributed by atoms with E-state index in [0.29, 0.717) is 5.88 Å². The predicted molar refractivity (Wildman–Crippen MR) is 55.8 cm³/mol. The van der Waals surface area contributed by atoms with Crippen molar-refractivity contribution in [1.29, 1.82) is 0 Å². The van der Waals surface area contributed by atoms with Crippen LogP contribution >= 0.6 is 11.6 Å². The number of nitrogens with zero attached hydrogens (tertiary/aromatic N) is 3. The molecule has 2 aromatic rings. The number of benzene rings is 1. The quantitative estimate of drug-likeness (QED) is 0.722. The Morgan fingerprint density at radius 1 is 1.21 bits per heavy atom. The molecule has 0 N–H and O–H groups in total. The van der Waals surface area contributed by atoms with Gasteiger partial charge >= 0.3 is 0 Å². The average Bonchev–Trinajstić information content (AvgIpc) is 2.68. The molecular formula is C10H10ClN3. The molecule has 72 valence electrons. The molecule has 0 fully saturated rings. The second-order valence-electron chi connectivity index (χ2n) is 2.91. The lowest BCUT2D eigenvalue weighted by Crippen LogP contribution is -2.02. The topological polar surface area (TPSA) is 30.7 Å². The highest BCUT2D eigenvalue weighted by Crippen LogP contribution is 2.09. The van der Waals surface area contributed by atoms with Gasteiger partial charge in [-0.2, -0.15) is 0 Å². The third-order valence-electron chi connectivity index (χ3n) is 1.97. The molecule has 0 unspecified atom stereocenters. The van der Waals surface area contributed by atoms with E-state index in [0.717, 1.165) is 17.8 Å². The van der Waals surface area contributed by atoms with Gasteiger partial charge in [0, 0.05) is 12.3 Å². The monoisotopic (exact) mass is 207 g/mol. The Kier molecular flexibility index (Phi) is 2.79. The van der Waals surface area contributed by atoms with E-state index in [4.69, 9.17) is 11.6 Å². The van der Waals surface area contributed by atoms with Crippen LogP contribution in [0.1, 0.15) is 5.69 Å². The summed E-state index contributed by atoms with van der Waals surface area (Å²) in [6, 6.07) is 9.91. The summed E-state index contributed by atoms with van der Waals surface area (Å²) in [5, 5.41) is 7.88. The van der Waals surface area contributed by atoms with Crippen molar-refractivity contribution < 1.29 is 0 Å². The molecule has 2 rings (SSSR count). The Labute approximate surface area is 87.3 Å². The van der Waals surface area contributed by atoms with Crippen LogP contribution in [-0.4, -0.2) is 20.9 Å². The third-order valence-corrected chi connectivity index (χ3v) is 2.16. The number of alkyl halides is 1. The SMILES string of the molecule is ClCCc1cnnn1-c1ccccc1. The minimum absolute atomic E-state index is 0.584. The molecule has 14 heavy (non-hydrogen) atoms. The Bertz CT molecular complexity index is 397. The zero-order valence-corrected chi connectivity index (χ0v) is 8.35. The summed E-state index contributed by atoms with van der Waals surface area (Å²) in [5.41, 5.74) is 2.05. The van der Waals surface area contributed by atoms with Crippen molar-refractivity contribution in [2.75, 3.05) is 5.88 Å². The van der Waals surface area contributed by atoms with E-state index in [9.17, 15) is 0 Å². The molecule has 0 spiro atoms. The first-order valence-corrected chi connectivity index (χ1v) is 4.96. The van der Waals surface area contributed by atoms with Crippen molar-refractivity contribution in [3.63, 3.8) is 0 Å². The van der Waals surface area contributed by atoms with E-state index in [1.807, 2.05) is 35.0 Å². The fraction of sp³-hybridized carbons (Fsp3) is 0.200. The summed E-state index contributed by atoms with van der Waals surface area (Å²) < 4.78 is 1.81. The molecule has 3 nitrogen and oxygen atoms in total. The molecule has 1 aromatic carbocycles. The summed E-state index contributed by atoms with van der Waals surface area (Å²) in [6.07, 6.45) is 2.53. The number of aryl methyl sites for hydroxylation is 1. The molecule has 1 heterocycles. The average molecular weight is 208 g/mol. The fourth-order valence-corrected chi connectivity index (χ4v) is 1.50. The lowest BCUT2D eigenvalue weighted by atomic mass is 10.3. The molecule has 0 saturated carbocycles. The first kappa shape index (κ1) is 9.21. The van der Waals surface area contributed by atoms with Crippen LogP contribution in [0.3, 0.4) is 0 Å². The minimum Gasteiger partial charge on any atom is -0.218 e. The van der Waals surface area contributed by atoms with E-state index in [1.165, 1.54) is 0 Å². The van der Waals surface area contributed by atoms with E-state index in [-0.39, 0.29) is 0 Å². The second-order valence-corrected chi connectivity index (χ2v) is 3.29. The van der Waals surface area contributed by atoms with Gasteiger partial charge in [0.15, 0.2) is 0 Å². The molecule has 0 amide bonds. The van der Waals surface area contributed by atoms with Crippen molar-refractivity contribution in [2.45, 2.75) is 6.42 Å². The van der Waals surface area contributed by atoms with Crippen LogP contribution in [0.2, 0.25) is 0 Å². The van der Waals surface area contributed by atoms with Gasteiger partial charge < -0.3 is 0 Å². The fourth-order valence-electron chi connectivity index (χ4n) is 1.31. The largest absolute Gasteiger partial charge is 0.218 e. The Morgan fingerprint density at radius 2 is 2.00 bits per heavy atom. The minimum atomic E-state index is 0.584. The zero-order valence-electron chi connectivity index (χ0n) is 7.60. The van der Waals surface area contributed by atoms with Gasteiger partial charge in [-0.1, -0.05) is 23.4 Å². The maximum absolute atomic E-state index is 5.68. The molecule has 0 radical (unpaired) electrons. The predicted octanol–water partition coefficient (Wildman–Crippen LogP) is 2.05.